The molecule has 1 N–H and O–H groups in total. The van der Waals surface area contributed by atoms with E-state index in [4.69, 9.17) is 4.74 Å². The normalized spacial score (nSPS) is 34.1. The molecule has 3 aliphatic heterocycles. The second-order valence-electron chi connectivity index (χ2n) is 7.08. The van der Waals surface area contributed by atoms with Gasteiger partial charge in [-0.25, -0.2) is 0 Å². The first-order chi connectivity index (χ1) is 10.2. The first-order valence-electron chi connectivity index (χ1n) is 8.42. The van der Waals surface area contributed by atoms with Gasteiger partial charge in [0.05, 0.1) is 5.41 Å². The van der Waals surface area contributed by atoms with Crippen LogP contribution in [0.1, 0.15) is 19.8 Å². The molecular formula is C16H29N3O2. The van der Waals surface area contributed by atoms with Crippen LogP contribution < -0.4 is 5.32 Å². The Bertz CT molecular complexity index is 384. The number of rotatable bonds is 4. The summed E-state index contributed by atoms with van der Waals surface area (Å²) in [5.74, 6) is 1.49. The Balaban J connectivity index is 1.69. The molecule has 5 heteroatoms. The lowest BCUT2D eigenvalue weighted by atomic mass is 9.79. The quantitative estimate of drug-likeness (QED) is 0.816. The Morgan fingerprint density at radius 1 is 1.43 bits per heavy atom. The van der Waals surface area contributed by atoms with Crippen molar-refractivity contribution in [2.24, 2.45) is 17.3 Å². The van der Waals surface area contributed by atoms with E-state index < -0.39 is 0 Å². The van der Waals surface area contributed by atoms with Crippen molar-refractivity contribution in [2.75, 3.05) is 59.5 Å². The molecule has 0 aliphatic carbocycles. The number of ether oxygens (including phenoxy) is 1. The number of nitrogens with one attached hydrogen (secondary N) is 1. The molecule has 120 valence electrons. The van der Waals surface area contributed by atoms with Crippen molar-refractivity contribution < 1.29 is 9.53 Å². The van der Waals surface area contributed by atoms with E-state index in [2.05, 4.69) is 29.1 Å². The van der Waals surface area contributed by atoms with Crippen LogP contribution in [0.3, 0.4) is 0 Å². The zero-order chi connectivity index (χ0) is 14.9. The monoisotopic (exact) mass is 295 g/mol. The second-order valence-corrected chi connectivity index (χ2v) is 7.08. The summed E-state index contributed by atoms with van der Waals surface area (Å²) in [5.41, 5.74) is -0.171. The molecular weight excluding hydrogens is 266 g/mol. The number of fused-ring (bicyclic) bond motifs is 1. The summed E-state index contributed by atoms with van der Waals surface area (Å²) in [6.07, 6.45) is 2.19. The number of likely N-dealkylation sites (tertiary alicyclic amines) is 1. The molecule has 0 bridgehead atoms. The molecule has 3 fully saturated rings. The highest BCUT2D eigenvalue weighted by atomic mass is 16.5. The minimum absolute atomic E-state index is 0.171. The third kappa shape index (κ3) is 2.83. The molecule has 0 aromatic carbocycles. The second kappa shape index (κ2) is 6.23. The van der Waals surface area contributed by atoms with Crippen molar-refractivity contribution in [2.45, 2.75) is 19.8 Å². The van der Waals surface area contributed by atoms with Gasteiger partial charge in [-0.2, -0.15) is 0 Å². The number of hydrogen-bond acceptors (Lipinski definition) is 4. The fourth-order valence-corrected chi connectivity index (χ4v) is 4.38. The number of carbonyl (C=O) groups excluding carboxylic acids is 1. The first kappa shape index (κ1) is 15.3. The van der Waals surface area contributed by atoms with Crippen LogP contribution in [0.2, 0.25) is 0 Å². The van der Waals surface area contributed by atoms with E-state index in [9.17, 15) is 4.79 Å². The van der Waals surface area contributed by atoms with E-state index >= 15 is 0 Å². The Hall–Kier alpha value is -0.650. The zero-order valence-corrected chi connectivity index (χ0v) is 13.4. The number of amides is 1. The summed E-state index contributed by atoms with van der Waals surface area (Å²) in [6.45, 7) is 9.37. The Kier molecular flexibility index (Phi) is 4.52. The molecule has 3 saturated heterocycles. The van der Waals surface area contributed by atoms with Crippen molar-refractivity contribution in [3.05, 3.63) is 0 Å². The number of hydrogen-bond donors (Lipinski definition) is 1. The molecule has 0 aromatic rings. The van der Waals surface area contributed by atoms with Crippen LogP contribution in [0.5, 0.6) is 0 Å². The molecule has 1 amide bonds. The van der Waals surface area contributed by atoms with Crippen molar-refractivity contribution in [1.82, 2.24) is 15.1 Å². The lowest BCUT2D eigenvalue weighted by Crippen LogP contribution is -2.50. The third-order valence-electron chi connectivity index (χ3n) is 5.61. The number of carbonyl (C=O) groups is 1. The van der Waals surface area contributed by atoms with E-state index in [0.29, 0.717) is 17.7 Å². The summed E-state index contributed by atoms with van der Waals surface area (Å²) in [5, 5.41) is 3.46. The van der Waals surface area contributed by atoms with E-state index in [-0.39, 0.29) is 5.41 Å². The minimum atomic E-state index is -0.171. The summed E-state index contributed by atoms with van der Waals surface area (Å²) < 4.78 is 5.44. The topological polar surface area (TPSA) is 44.8 Å². The van der Waals surface area contributed by atoms with Gasteiger partial charge in [-0.15, -0.1) is 0 Å². The Labute approximate surface area is 128 Å². The molecule has 0 aromatic heterocycles. The summed E-state index contributed by atoms with van der Waals surface area (Å²) in [7, 11) is 2.14. The van der Waals surface area contributed by atoms with Crippen molar-refractivity contribution >= 4 is 5.91 Å². The fourth-order valence-electron chi connectivity index (χ4n) is 4.38. The fraction of sp³-hybridized carbons (Fsp3) is 0.938. The van der Waals surface area contributed by atoms with Gasteiger partial charge >= 0.3 is 0 Å². The highest BCUT2D eigenvalue weighted by Gasteiger charge is 2.55. The maximum atomic E-state index is 13.2. The molecule has 0 spiro atoms. The molecule has 3 heterocycles. The smallest absolute Gasteiger partial charge is 0.231 e. The molecule has 5 nitrogen and oxygen atoms in total. The van der Waals surface area contributed by atoms with E-state index in [1.807, 2.05) is 0 Å². The molecule has 0 radical (unpaired) electrons. The first-order valence-corrected chi connectivity index (χ1v) is 8.42. The molecule has 3 aliphatic rings. The molecule has 2 atom stereocenters. The SMILES string of the molecule is CCN(CC1CCOCC1)C(=O)[C@]12CNC[C@H]1CN(C)C2. The van der Waals surface area contributed by atoms with E-state index in [0.717, 1.165) is 65.3 Å². The average molecular weight is 295 g/mol. The largest absolute Gasteiger partial charge is 0.381 e. The van der Waals surface area contributed by atoms with Gasteiger partial charge in [0.15, 0.2) is 0 Å². The van der Waals surface area contributed by atoms with Crippen molar-refractivity contribution in [1.29, 1.82) is 0 Å². The third-order valence-corrected chi connectivity index (χ3v) is 5.61. The van der Waals surface area contributed by atoms with Crippen LogP contribution in [-0.4, -0.2) is 75.2 Å². The summed E-state index contributed by atoms with van der Waals surface area (Å²) >= 11 is 0. The lowest BCUT2D eigenvalue weighted by molar-refractivity contribution is -0.142. The predicted molar refractivity (Wildman–Crippen MR) is 82.1 cm³/mol. The van der Waals surface area contributed by atoms with Gasteiger partial charge in [0.25, 0.3) is 0 Å². The standard InChI is InChI=1S/C16H29N3O2/c1-3-19(9-13-4-6-21-7-5-13)15(20)16-11-17-8-14(16)10-18(2)12-16/h13-14,17H,3-12H2,1-2H3/t14-,16-/m0/s1. The van der Waals surface area contributed by atoms with Crippen LogP contribution in [0.15, 0.2) is 0 Å². The minimum Gasteiger partial charge on any atom is -0.381 e. The highest BCUT2D eigenvalue weighted by Crippen LogP contribution is 2.40. The van der Waals surface area contributed by atoms with Gasteiger partial charge in [-0.05, 0) is 32.7 Å². The van der Waals surface area contributed by atoms with Gasteiger partial charge in [0.1, 0.15) is 0 Å². The number of nitrogens with zero attached hydrogens (tertiary/aromatic N) is 2. The lowest BCUT2D eigenvalue weighted by Gasteiger charge is -2.36. The average Bonchev–Trinajstić information content (AvgIpc) is 3.01. The summed E-state index contributed by atoms with van der Waals surface area (Å²) in [4.78, 5) is 17.7. The zero-order valence-electron chi connectivity index (χ0n) is 13.4. The van der Waals surface area contributed by atoms with E-state index in [1.54, 1.807) is 0 Å². The predicted octanol–water partition coefficient (Wildman–Crippen LogP) is 0.413. The van der Waals surface area contributed by atoms with Crippen LogP contribution in [-0.2, 0) is 9.53 Å². The van der Waals surface area contributed by atoms with Gasteiger partial charge < -0.3 is 19.9 Å². The van der Waals surface area contributed by atoms with Gasteiger partial charge in [0.2, 0.25) is 5.91 Å². The van der Waals surface area contributed by atoms with Crippen molar-refractivity contribution in [3.8, 4) is 0 Å². The van der Waals surface area contributed by atoms with Gasteiger partial charge in [-0.1, -0.05) is 0 Å². The molecule has 0 unspecified atom stereocenters. The summed E-state index contributed by atoms with van der Waals surface area (Å²) in [6, 6.07) is 0. The maximum Gasteiger partial charge on any atom is 0.231 e. The van der Waals surface area contributed by atoms with Crippen LogP contribution in [0, 0.1) is 17.3 Å². The van der Waals surface area contributed by atoms with Crippen LogP contribution in [0.4, 0.5) is 0 Å². The molecule has 3 rings (SSSR count). The van der Waals surface area contributed by atoms with Gasteiger partial charge in [0, 0.05) is 58.4 Å². The van der Waals surface area contributed by atoms with E-state index in [1.165, 1.54) is 0 Å². The van der Waals surface area contributed by atoms with Gasteiger partial charge in [-0.3, -0.25) is 4.79 Å². The highest BCUT2D eigenvalue weighted by molar-refractivity contribution is 5.84. The van der Waals surface area contributed by atoms with Crippen LogP contribution >= 0.6 is 0 Å². The Morgan fingerprint density at radius 2 is 2.19 bits per heavy atom. The Morgan fingerprint density at radius 3 is 2.90 bits per heavy atom. The molecule has 21 heavy (non-hydrogen) atoms. The maximum absolute atomic E-state index is 13.2. The van der Waals surface area contributed by atoms with Crippen LogP contribution in [0.25, 0.3) is 0 Å². The van der Waals surface area contributed by atoms with Crippen molar-refractivity contribution in [3.63, 3.8) is 0 Å². The molecule has 0 saturated carbocycles.